The van der Waals surface area contributed by atoms with Crippen molar-refractivity contribution in [2.45, 2.75) is 33.2 Å². The molecule has 20 heavy (non-hydrogen) atoms. The van der Waals surface area contributed by atoms with E-state index in [1.807, 2.05) is 26.8 Å². The predicted molar refractivity (Wildman–Crippen MR) is 77.4 cm³/mol. The lowest BCUT2D eigenvalue weighted by atomic mass is 10.1. The Morgan fingerprint density at radius 1 is 1.55 bits per heavy atom. The van der Waals surface area contributed by atoms with Crippen LogP contribution in [-0.4, -0.2) is 33.2 Å². The van der Waals surface area contributed by atoms with Crippen molar-refractivity contribution in [2.75, 3.05) is 7.05 Å². The SMILES string of the molecule is Cc1cc(CN(C)C(=O)c2n[nH]c(C(C)C)c2Br)no1. The number of halogens is 1. The minimum absolute atomic E-state index is 0.166. The molecule has 0 atom stereocenters. The van der Waals surface area contributed by atoms with Gasteiger partial charge in [-0.2, -0.15) is 5.10 Å². The fourth-order valence-electron chi connectivity index (χ4n) is 1.85. The molecule has 0 unspecified atom stereocenters. The van der Waals surface area contributed by atoms with Crippen LogP contribution in [0.5, 0.6) is 0 Å². The summed E-state index contributed by atoms with van der Waals surface area (Å²) in [6.45, 7) is 6.27. The highest BCUT2D eigenvalue weighted by Gasteiger charge is 2.22. The van der Waals surface area contributed by atoms with Crippen molar-refractivity contribution < 1.29 is 9.32 Å². The summed E-state index contributed by atoms with van der Waals surface area (Å²) in [6.07, 6.45) is 0. The summed E-state index contributed by atoms with van der Waals surface area (Å²) in [4.78, 5) is 13.9. The van der Waals surface area contributed by atoms with Gasteiger partial charge in [0, 0.05) is 13.1 Å². The van der Waals surface area contributed by atoms with Crippen molar-refractivity contribution in [1.82, 2.24) is 20.3 Å². The van der Waals surface area contributed by atoms with Crippen LogP contribution >= 0.6 is 15.9 Å². The fraction of sp³-hybridized carbons (Fsp3) is 0.462. The maximum absolute atomic E-state index is 12.4. The van der Waals surface area contributed by atoms with E-state index in [0.717, 1.165) is 15.9 Å². The van der Waals surface area contributed by atoms with E-state index < -0.39 is 0 Å². The first-order valence-electron chi connectivity index (χ1n) is 6.31. The zero-order valence-electron chi connectivity index (χ0n) is 11.9. The van der Waals surface area contributed by atoms with Gasteiger partial charge in [0.15, 0.2) is 5.69 Å². The molecule has 108 valence electrons. The molecular weight excluding hydrogens is 324 g/mol. The maximum atomic E-state index is 12.4. The van der Waals surface area contributed by atoms with Gasteiger partial charge in [-0.25, -0.2) is 0 Å². The topological polar surface area (TPSA) is 75.0 Å². The van der Waals surface area contributed by atoms with Crippen molar-refractivity contribution in [3.05, 3.63) is 33.4 Å². The number of aryl methyl sites for hydroxylation is 1. The molecule has 2 rings (SSSR count). The van der Waals surface area contributed by atoms with E-state index in [1.165, 1.54) is 0 Å². The van der Waals surface area contributed by atoms with E-state index in [1.54, 1.807) is 11.9 Å². The minimum atomic E-state index is -0.166. The van der Waals surface area contributed by atoms with Crippen LogP contribution < -0.4 is 0 Å². The quantitative estimate of drug-likeness (QED) is 0.928. The van der Waals surface area contributed by atoms with Crippen LogP contribution in [0.25, 0.3) is 0 Å². The minimum Gasteiger partial charge on any atom is -0.361 e. The Labute approximate surface area is 125 Å². The lowest BCUT2D eigenvalue weighted by Crippen LogP contribution is -2.27. The van der Waals surface area contributed by atoms with Crippen LogP contribution in [0.4, 0.5) is 0 Å². The first kappa shape index (κ1) is 14.8. The molecule has 0 radical (unpaired) electrons. The predicted octanol–water partition coefficient (Wildman–Crippen LogP) is 2.86. The Kier molecular flexibility index (Phi) is 4.27. The Balaban J connectivity index is 2.14. The van der Waals surface area contributed by atoms with E-state index in [2.05, 4.69) is 31.3 Å². The molecule has 1 amide bonds. The lowest BCUT2D eigenvalue weighted by Gasteiger charge is -2.14. The van der Waals surface area contributed by atoms with Gasteiger partial charge in [0.05, 0.1) is 16.7 Å². The molecule has 2 aromatic heterocycles. The smallest absolute Gasteiger partial charge is 0.275 e. The summed E-state index contributed by atoms with van der Waals surface area (Å²) < 4.78 is 5.71. The fourth-order valence-corrected chi connectivity index (χ4v) is 2.66. The van der Waals surface area contributed by atoms with Gasteiger partial charge >= 0.3 is 0 Å². The van der Waals surface area contributed by atoms with Gasteiger partial charge in [-0.15, -0.1) is 0 Å². The van der Waals surface area contributed by atoms with E-state index in [0.29, 0.717) is 17.9 Å². The Morgan fingerprint density at radius 2 is 2.25 bits per heavy atom. The summed E-state index contributed by atoms with van der Waals surface area (Å²) in [5.41, 5.74) is 2.02. The highest BCUT2D eigenvalue weighted by Crippen LogP contribution is 2.26. The molecule has 0 aliphatic carbocycles. The number of hydrogen-bond donors (Lipinski definition) is 1. The van der Waals surface area contributed by atoms with Crippen LogP contribution in [0.3, 0.4) is 0 Å². The largest absolute Gasteiger partial charge is 0.361 e. The van der Waals surface area contributed by atoms with Gasteiger partial charge in [-0.3, -0.25) is 9.89 Å². The molecule has 2 heterocycles. The highest BCUT2D eigenvalue weighted by molar-refractivity contribution is 9.10. The molecule has 0 saturated carbocycles. The molecule has 0 saturated heterocycles. The molecule has 0 aliphatic rings. The zero-order valence-corrected chi connectivity index (χ0v) is 13.5. The van der Waals surface area contributed by atoms with Gasteiger partial charge in [-0.05, 0) is 28.8 Å². The number of H-pyrrole nitrogens is 1. The van der Waals surface area contributed by atoms with E-state index >= 15 is 0 Å². The highest BCUT2D eigenvalue weighted by atomic mass is 79.9. The number of nitrogens with zero attached hydrogens (tertiary/aromatic N) is 3. The van der Waals surface area contributed by atoms with Crippen molar-refractivity contribution >= 4 is 21.8 Å². The lowest BCUT2D eigenvalue weighted by molar-refractivity contribution is 0.0775. The van der Waals surface area contributed by atoms with Crippen molar-refractivity contribution in [3.63, 3.8) is 0 Å². The second-order valence-corrected chi connectivity index (χ2v) is 5.84. The Hall–Kier alpha value is -1.63. The van der Waals surface area contributed by atoms with Crippen molar-refractivity contribution in [1.29, 1.82) is 0 Å². The van der Waals surface area contributed by atoms with Gasteiger partial charge < -0.3 is 9.42 Å². The number of hydrogen-bond acceptors (Lipinski definition) is 4. The molecule has 0 aliphatic heterocycles. The molecule has 0 bridgehead atoms. The molecule has 0 spiro atoms. The zero-order chi connectivity index (χ0) is 14.9. The van der Waals surface area contributed by atoms with Gasteiger partial charge in [-0.1, -0.05) is 19.0 Å². The summed E-state index contributed by atoms with van der Waals surface area (Å²) in [6, 6.07) is 1.81. The maximum Gasteiger partial charge on any atom is 0.275 e. The molecule has 0 fully saturated rings. The van der Waals surface area contributed by atoms with E-state index in [9.17, 15) is 4.79 Å². The molecule has 2 aromatic rings. The second kappa shape index (κ2) is 5.78. The summed E-state index contributed by atoms with van der Waals surface area (Å²) in [5.74, 6) is 0.825. The number of aromatic amines is 1. The van der Waals surface area contributed by atoms with Crippen molar-refractivity contribution in [2.24, 2.45) is 0 Å². The van der Waals surface area contributed by atoms with Crippen LogP contribution in [0.15, 0.2) is 15.1 Å². The first-order chi connectivity index (χ1) is 9.40. The third-order valence-corrected chi connectivity index (χ3v) is 3.74. The van der Waals surface area contributed by atoms with Gasteiger partial charge in [0.25, 0.3) is 5.91 Å². The van der Waals surface area contributed by atoms with Crippen molar-refractivity contribution in [3.8, 4) is 0 Å². The average molecular weight is 341 g/mol. The number of amides is 1. The Morgan fingerprint density at radius 3 is 2.75 bits per heavy atom. The first-order valence-corrected chi connectivity index (χ1v) is 7.10. The van der Waals surface area contributed by atoms with Gasteiger partial charge in [0.1, 0.15) is 11.5 Å². The third kappa shape index (κ3) is 2.92. The normalized spacial score (nSPS) is 11.1. The van der Waals surface area contributed by atoms with Crippen LogP contribution in [-0.2, 0) is 6.54 Å². The third-order valence-electron chi connectivity index (χ3n) is 2.94. The number of aromatic nitrogens is 3. The summed E-state index contributed by atoms with van der Waals surface area (Å²) in [5, 5.41) is 10.9. The number of carbonyl (C=O) groups is 1. The molecule has 1 N–H and O–H groups in total. The van der Waals surface area contributed by atoms with Gasteiger partial charge in [0.2, 0.25) is 0 Å². The molecule has 6 nitrogen and oxygen atoms in total. The van der Waals surface area contributed by atoms with Crippen LogP contribution in [0.2, 0.25) is 0 Å². The van der Waals surface area contributed by atoms with E-state index in [-0.39, 0.29) is 11.8 Å². The molecule has 0 aromatic carbocycles. The van der Waals surface area contributed by atoms with Crippen LogP contribution in [0.1, 0.15) is 47.4 Å². The standard InChI is InChI=1S/C13H17BrN4O2/c1-7(2)11-10(14)12(16-15-11)13(19)18(4)6-9-5-8(3)20-17-9/h5,7H,6H2,1-4H3,(H,15,16). The number of nitrogens with one attached hydrogen (secondary N) is 1. The number of carbonyl (C=O) groups excluding carboxylic acids is 1. The molecular formula is C13H17BrN4O2. The monoisotopic (exact) mass is 340 g/mol. The Bertz CT molecular complexity index is 618. The summed E-state index contributed by atoms with van der Waals surface area (Å²) in [7, 11) is 1.71. The average Bonchev–Trinajstić information content (AvgIpc) is 2.94. The van der Waals surface area contributed by atoms with E-state index in [4.69, 9.17) is 4.52 Å². The number of rotatable bonds is 4. The van der Waals surface area contributed by atoms with Crippen LogP contribution in [0, 0.1) is 6.92 Å². The summed E-state index contributed by atoms with van der Waals surface area (Å²) >= 11 is 3.43. The second-order valence-electron chi connectivity index (χ2n) is 5.04. The molecule has 7 heteroatoms.